The average molecular weight is 172 g/mol. The number of halogens is 1. The molecular weight excluding hydrogens is 166 g/mol. The predicted octanol–water partition coefficient (Wildman–Crippen LogP) is 0.205. The third kappa shape index (κ3) is 1.38. The summed E-state index contributed by atoms with van der Waals surface area (Å²) in [5, 5.41) is 6.79. The van der Waals surface area contributed by atoms with Gasteiger partial charge in [-0.15, -0.1) is 0 Å². The largest absolute Gasteiger partial charge is 0.383 e. The van der Waals surface area contributed by atoms with Crippen LogP contribution < -0.4 is 11.5 Å². The molecule has 0 fully saturated rings. The minimum Gasteiger partial charge on any atom is -0.383 e. The van der Waals surface area contributed by atoms with Gasteiger partial charge in [-0.3, -0.25) is 5.41 Å². The zero-order valence-electron chi connectivity index (χ0n) is 5.50. The van der Waals surface area contributed by atoms with Crippen LogP contribution in [0.2, 0.25) is 0 Å². The molecule has 0 unspecified atom stereocenters. The van der Waals surface area contributed by atoms with Gasteiger partial charge in [0.1, 0.15) is 23.1 Å². The van der Waals surface area contributed by atoms with Gasteiger partial charge in [0, 0.05) is 0 Å². The molecule has 0 saturated carbocycles. The highest BCUT2D eigenvalue weighted by molar-refractivity contribution is 6.69. The number of anilines is 2. The molecule has 1 aromatic heterocycles. The first-order valence-corrected chi connectivity index (χ1v) is 3.11. The van der Waals surface area contributed by atoms with Crippen molar-refractivity contribution in [3.05, 3.63) is 11.9 Å². The summed E-state index contributed by atoms with van der Waals surface area (Å²) in [6.45, 7) is 0. The Balaban J connectivity index is 3.32. The predicted molar refractivity (Wildman–Crippen MR) is 43.5 cm³/mol. The maximum Gasteiger partial charge on any atom is 0.139 e. The van der Waals surface area contributed by atoms with Crippen LogP contribution in [0.4, 0.5) is 11.6 Å². The van der Waals surface area contributed by atoms with E-state index in [2.05, 4.69) is 9.97 Å². The molecule has 5 nitrogen and oxygen atoms in total. The fourth-order valence-electron chi connectivity index (χ4n) is 0.638. The van der Waals surface area contributed by atoms with Crippen molar-refractivity contribution in [2.45, 2.75) is 0 Å². The van der Waals surface area contributed by atoms with Gasteiger partial charge in [0.25, 0.3) is 0 Å². The van der Waals surface area contributed by atoms with Crippen LogP contribution >= 0.6 is 11.6 Å². The van der Waals surface area contributed by atoms with Crippen LogP contribution in [-0.2, 0) is 0 Å². The highest BCUT2D eigenvalue weighted by Crippen LogP contribution is 2.15. The number of rotatable bonds is 1. The first-order chi connectivity index (χ1) is 5.13. The van der Waals surface area contributed by atoms with Crippen molar-refractivity contribution in [1.29, 1.82) is 5.41 Å². The molecule has 11 heavy (non-hydrogen) atoms. The van der Waals surface area contributed by atoms with Gasteiger partial charge in [-0.05, 0) is 0 Å². The normalized spacial score (nSPS) is 9.55. The van der Waals surface area contributed by atoms with Gasteiger partial charge < -0.3 is 11.5 Å². The van der Waals surface area contributed by atoms with Crippen molar-refractivity contribution in [3.63, 3.8) is 0 Å². The molecule has 0 aliphatic heterocycles. The highest BCUT2D eigenvalue weighted by atomic mass is 35.5. The maximum atomic E-state index is 7.04. The molecule has 58 valence electrons. The molecule has 0 aliphatic rings. The van der Waals surface area contributed by atoms with E-state index in [-0.39, 0.29) is 22.4 Å². The van der Waals surface area contributed by atoms with Gasteiger partial charge in [0.15, 0.2) is 0 Å². The molecular formula is C5H6ClN5. The van der Waals surface area contributed by atoms with E-state index in [0.717, 1.165) is 0 Å². The number of hydrogen-bond donors (Lipinski definition) is 3. The van der Waals surface area contributed by atoms with E-state index in [1.807, 2.05) is 0 Å². The van der Waals surface area contributed by atoms with E-state index in [1.54, 1.807) is 0 Å². The van der Waals surface area contributed by atoms with E-state index in [0.29, 0.717) is 0 Å². The third-order valence-electron chi connectivity index (χ3n) is 1.13. The molecule has 0 amide bonds. The summed E-state index contributed by atoms with van der Waals surface area (Å²) in [7, 11) is 0. The zero-order valence-corrected chi connectivity index (χ0v) is 6.26. The molecule has 1 rings (SSSR count). The summed E-state index contributed by atoms with van der Waals surface area (Å²) in [4.78, 5) is 7.25. The number of nitrogens with one attached hydrogen (secondary N) is 1. The number of nitrogens with zero attached hydrogens (tertiary/aromatic N) is 2. The third-order valence-corrected chi connectivity index (χ3v) is 1.31. The summed E-state index contributed by atoms with van der Waals surface area (Å²) in [6.07, 6.45) is 1.22. The Hall–Kier alpha value is -1.36. The highest BCUT2D eigenvalue weighted by Gasteiger charge is 2.08. The zero-order chi connectivity index (χ0) is 8.43. The van der Waals surface area contributed by atoms with Gasteiger partial charge >= 0.3 is 0 Å². The lowest BCUT2D eigenvalue weighted by molar-refractivity contribution is 1.18. The molecule has 1 aromatic rings. The van der Waals surface area contributed by atoms with E-state index >= 15 is 0 Å². The molecule has 0 radical (unpaired) electrons. The fraction of sp³-hybridized carbons (Fsp3) is 0. The van der Waals surface area contributed by atoms with Crippen LogP contribution in [0.25, 0.3) is 0 Å². The Morgan fingerprint density at radius 3 is 2.09 bits per heavy atom. The summed E-state index contributed by atoms with van der Waals surface area (Å²) in [6, 6.07) is 0. The quantitative estimate of drug-likeness (QED) is 0.526. The Morgan fingerprint density at radius 2 is 1.82 bits per heavy atom. The fourth-order valence-corrected chi connectivity index (χ4v) is 0.832. The second kappa shape index (κ2) is 2.71. The number of hydrogen-bond acceptors (Lipinski definition) is 5. The van der Waals surface area contributed by atoms with E-state index < -0.39 is 0 Å². The molecule has 6 heteroatoms. The van der Waals surface area contributed by atoms with Gasteiger partial charge in [0.05, 0.1) is 5.56 Å². The SMILES string of the molecule is N=C(Cl)c1c(N)ncnc1N. The molecule has 0 bridgehead atoms. The Morgan fingerprint density at radius 1 is 1.36 bits per heavy atom. The Kier molecular flexibility index (Phi) is 1.91. The Bertz CT molecular complexity index is 277. The van der Waals surface area contributed by atoms with Crippen molar-refractivity contribution in [2.24, 2.45) is 0 Å². The van der Waals surface area contributed by atoms with Crippen molar-refractivity contribution in [3.8, 4) is 0 Å². The lowest BCUT2D eigenvalue weighted by Crippen LogP contribution is -2.06. The van der Waals surface area contributed by atoms with Crippen LogP contribution in [0.3, 0.4) is 0 Å². The van der Waals surface area contributed by atoms with Crippen LogP contribution in [0.15, 0.2) is 6.33 Å². The first kappa shape index (κ1) is 7.74. The van der Waals surface area contributed by atoms with E-state index in [9.17, 15) is 0 Å². The average Bonchev–Trinajstić information content (AvgIpc) is 1.85. The number of nitrogen functional groups attached to an aromatic ring is 2. The molecule has 5 N–H and O–H groups in total. The lowest BCUT2D eigenvalue weighted by Gasteiger charge is -2.01. The van der Waals surface area contributed by atoms with Gasteiger partial charge in [0.2, 0.25) is 0 Å². The summed E-state index contributed by atoms with van der Waals surface area (Å²) in [5.74, 6) is 0.245. The molecule has 0 spiro atoms. The summed E-state index contributed by atoms with van der Waals surface area (Å²) >= 11 is 5.36. The van der Waals surface area contributed by atoms with Gasteiger partial charge in [-0.25, -0.2) is 9.97 Å². The lowest BCUT2D eigenvalue weighted by atomic mass is 10.3. The van der Waals surface area contributed by atoms with Crippen LogP contribution in [0, 0.1) is 5.41 Å². The monoisotopic (exact) mass is 171 g/mol. The molecule has 0 atom stereocenters. The summed E-state index contributed by atoms with van der Waals surface area (Å²) in [5.41, 5.74) is 10.9. The van der Waals surface area contributed by atoms with Crippen molar-refractivity contribution < 1.29 is 0 Å². The molecule has 0 aromatic carbocycles. The van der Waals surface area contributed by atoms with E-state index in [4.69, 9.17) is 28.5 Å². The minimum atomic E-state index is -0.249. The second-order valence-corrected chi connectivity index (χ2v) is 2.21. The number of aromatic nitrogens is 2. The van der Waals surface area contributed by atoms with Crippen LogP contribution in [0.1, 0.15) is 5.56 Å². The molecule has 1 heterocycles. The van der Waals surface area contributed by atoms with Crippen LogP contribution in [0.5, 0.6) is 0 Å². The molecule has 0 saturated heterocycles. The van der Waals surface area contributed by atoms with Crippen LogP contribution in [-0.4, -0.2) is 15.1 Å². The van der Waals surface area contributed by atoms with Crippen molar-refractivity contribution in [1.82, 2.24) is 9.97 Å². The minimum absolute atomic E-state index is 0.123. The second-order valence-electron chi connectivity index (χ2n) is 1.83. The summed E-state index contributed by atoms with van der Waals surface area (Å²) < 4.78 is 0. The first-order valence-electron chi connectivity index (χ1n) is 2.73. The smallest absolute Gasteiger partial charge is 0.139 e. The van der Waals surface area contributed by atoms with Crippen molar-refractivity contribution in [2.75, 3.05) is 11.5 Å². The standard InChI is InChI=1S/C5H6ClN5/c6-3(7)2-4(8)10-1-11-5(2)9/h1,7H,(H4,8,9,10,11). The molecule has 0 aliphatic carbocycles. The Labute approximate surface area is 67.9 Å². The number of nitrogens with two attached hydrogens (primary N) is 2. The van der Waals surface area contributed by atoms with E-state index in [1.165, 1.54) is 6.33 Å². The van der Waals surface area contributed by atoms with Gasteiger partial charge in [-0.1, -0.05) is 11.6 Å². The van der Waals surface area contributed by atoms with Crippen molar-refractivity contribution >= 4 is 28.4 Å². The van der Waals surface area contributed by atoms with Gasteiger partial charge in [-0.2, -0.15) is 0 Å². The maximum absolute atomic E-state index is 7.04. The topological polar surface area (TPSA) is 102 Å².